The summed E-state index contributed by atoms with van der Waals surface area (Å²) in [6.45, 7) is 13.6. The van der Waals surface area contributed by atoms with E-state index in [9.17, 15) is 19.8 Å². The third-order valence-electron chi connectivity index (χ3n) is 5.94. The fourth-order valence-corrected chi connectivity index (χ4v) is 4.82. The highest BCUT2D eigenvalue weighted by Crippen LogP contribution is 2.43. The number of aryl methyl sites for hydroxylation is 2. The van der Waals surface area contributed by atoms with Gasteiger partial charge in [0.15, 0.2) is 5.78 Å². The summed E-state index contributed by atoms with van der Waals surface area (Å²) in [6, 6.07) is 10.7. The predicted octanol–water partition coefficient (Wildman–Crippen LogP) is 6.51. The lowest BCUT2D eigenvalue weighted by Crippen LogP contribution is -2.45. The van der Waals surface area contributed by atoms with Crippen LogP contribution in [-0.4, -0.2) is 27.2 Å². The molecule has 2 aromatic carbocycles. The molecule has 0 aromatic heterocycles. The number of carboxylic acids is 1. The van der Waals surface area contributed by atoms with Gasteiger partial charge >= 0.3 is 5.97 Å². The Morgan fingerprint density at radius 1 is 1.00 bits per heavy atom. The van der Waals surface area contributed by atoms with Gasteiger partial charge < -0.3 is 10.2 Å². The first-order valence-corrected chi connectivity index (χ1v) is 11.9. The van der Waals surface area contributed by atoms with Crippen molar-refractivity contribution in [1.82, 2.24) is 0 Å². The molecule has 0 saturated heterocycles. The largest absolute Gasteiger partial charge is 0.480 e. The second-order valence-electron chi connectivity index (χ2n) is 10.9. The molecular weight excluding hydrogens is 456 g/mol. The van der Waals surface area contributed by atoms with Crippen LogP contribution in [0.1, 0.15) is 80.1 Å². The summed E-state index contributed by atoms with van der Waals surface area (Å²) < 4.78 is 0. The molecule has 0 spiro atoms. The van der Waals surface area contributed by atoms with Gasteiger partial charge in [0.1, 0.15) is 10.9 Å². The van der Waals surface area contributed by atoms with Crippen molar-refractivity contribution in [3.63, 3.8) is 0 Å². The fourth-order valence-electron chi connectivity index (χ4n) is 4.29. The quantitative estimate of drug-likeness (QED) is 0.291. The maximum Gasteiger partial charge on any atom is 0.319 e. The zero-order valence-corrected chi connectivity index (χ0v) is 22.1. The Hall–Kier alpha value is -1.82. The van der Waals surface area contributed by atoms with E-state index in [0.29, 0.717) is 28.1 Å². The number of ketones is 1. The van der Waals surface area contributed by atoms with Crippen molar-refractivity contribution in [2.24, 2.45) is 5.41 Å². The Balaban J connectivity index is 2.54. The molecule has 0 heterocycles. The highest BCUT2D eigenvalue weighted by molar-refractivity contribution is 7.81. The van der Waals surface area contributed by atoms with E-state index in [1.165, 1.54) is 0 Å². The number of carboxylic acid groups (broad SMARTS) is 1. The maximum atomic E-state index is 12.8. The van der Waals surface area contributed by atoms with Crippen LogP contribution in [0.4, 0.5) is 0 Å². The van der Waals surface area contributed by atoms with Crippen molar-refractivity contribution < 1.29 is 19.8 Å². The molecule has 0 fully saturated rings. The summed E-state index contributed by atoms with van der Waals surface area (Å²) in [5, 5.41) is 20.8. The van der Waals surface area contributed by atoms with Crippen molar-refractivity contribution in [3.8, 4) is 0 Å². The molecule has 2 rings (SSSR count). The minimum Gasteiger partial charge on any atom is -0.480 e. The maximum absolute atomic E-state index is 12.8. The highest BCUT2D eigenvalue weighted by Gasteiger charge is 2.45. The number of Topliss-reactive ketones (excluding diaryl/α,β-unsaturated/α-hetero) is 1. The van der Waals surface area contributed by atoms with Crippen molar-refractivity contribution in [3.05, 3.63) is 69.2 Å². The minimum atomic E-state index is -1.79. The van der Waals surface area contributed by atoms with Crippen LogP contribution < -0.4 is 0 Å². The lowest BCUT2D eigenvalue weighted by molar-refractivity contribution is -0.142. The van der Waals surface area contributed by atoms with Gasteiger partial charge in [0.05, 0.1) is 0 Å². The first-order chi connectivity index (χ1) is 15.0. The molecular formula is C27H35ClO4S. The van der Waals surface area contributed by atoms with Gasteiger partial charge in [0, 0.05) is 17.0 Å². The fraction of sp³-hybridized carbons (Fsp3) is 0.481. The Labute approximate surface area is 207 Å². The van der Waals surface area contributed by atoms with Crippen LogP contribution in [0.25, 0.3) is 0 Å². The average Bonchev–Trinajstić information content (AvgIpc) is 2.64. The lowest BCUT2D eigenvalue weighted by Gasteiger charge is -2.39. The van der Waals surface area contributed by atoms with E-state index in [0.717, 1.165) is 11.1 Å². The van der Waals surface area contributed by atoms with E-state index in [1.807, 2.05) is 59.7 Å². The summed E-state index contributed by atoms with van der Waals surface area (Å²) in [4.78, 5) is 24.7. The van der Waals surface area contributed by atoms with Gasteiger partial charge in [-0.25, -0.2) is 0 Å². The zero-order chi connectivity index (χ0) is 25.4. The number of rotatable bonds is 8. The number of thiol groups is 1. The molecule has 0 aliphatic carbocycles. The highest BCUT2D eigenvalue weighted by atomic mass is 35.5. The van der Waals surface area contributed by atoms with Crippen LogP contribution in [-0.2, 0) is 15.8 Å². The molecule has 0 saturated carbocycles. The van der Waals surface area contributed by atoms with E-state index >= 15 is 0 Å². The SMILES string of the molecule is Cc1cc(Cl)cc(C(C)(C)CC(O)(c2ccc(C(=O)CC(C)(C)C)c(C)c2)C(S)C(=O)O)c1. The Kier molecular flexibility index (Phi) is 8.15. The molecule has 0 bridgehead atoms. The normalized spacial score (nSPS) is 15.1. The predicted molar refractivity (Wildman–Crippen MR) is 138 cm³/mol. The van der Waals surface area contributed by atoms with E-state index in [2.05, 4.69) is 12.6 Å². The second-order valence-corrected chi connectivity index (χ2v) is 11.9. The molecule has 2 aromatic rings. The first-order valence-electron chi connectivity index (χ1n) is 11.0. The van der Waals surface area contributed by atoms with E-state index in [1.54, 1.807) is 25.1 Å². The number of aliphatic carboxylic acids is 1. The van der Waals surface area contributed by atoms with Crippen LogP contribution in [0, 0.1) is 19.3 Å². The molecule has 0 amide bonds. The number of hydrogen-bond acceptors (Lipinski definition) is 4. The standard InChI is InChI=1S/C27H35ClO4S/c1-16-10-19(13-20(28)11-16)26(6,7)15-27(32,23(33)24(30)31)18-8-9-21(17(2)12-18)22(29)14-25(3,4)5/h8-13,23,32-33H,14-15H2,1-7H3,(H,30,31). The monoisotopic (exact) mass is 490 g/mol. The number of carbonyl (C=O) groups is 2. The lowest BCUT2D eigenvalue weighted by atomic mass is 9.71. The van der Waals surface area contributed by atoms with Crippen LogP contribution in [0.2, 0.25) is 5.02 Å². The van der Waals surface area contributed by atoms with Gasteiger partial charge in [-0.3, -0.25) is 9.59 Å². The topological polar surface area (TPSA) is 74.6 Å². The molecule has 0 aliphatic heterocycles. The summed E-state index contributed by atoms with van der Waals surface area (Å²) in [5.41, 5.74) is 1.01. The molecule has 4 nitrogen and oxygen atoms in total. The summed E-state index contributed by atoms with van der Waals surface area (Å²) >= 11 is 10.6. The van der Waals surface area contributed by atoms with Gasteiger partial charge in [-0.15, -0.1) is 0 Å². The summed E-state index contributed by atoms with van der Waals surface area (Å²) in [6.07, 6.45) is 0.484. The number of carbonyl (C=O) groups excluding carboxylic acids is 1. The Morgan fingerprint density at radius 3 is 2.09 bits per heavy atom. The van der Waals surface area contributed by atoms with E-state index < -0.39 is 22.2 Å². The molecule has 33 heavy (non-hydrogen) atoms. The second kappa shape index (κ2) is 9.81. The van der Waals surface area contributed by atoms with Crippen LogP contribution in [0.5, 0.6) is 0 Å². The van der Waals surface area contributed by atoms with E-state index in [4.69, 9.17) is 11.6 Å². The van der Waals surface area contributed by atoms with Crippen LogP contribution in [0.15, 0.2) is 36.4 Å². The summed E-state index contributed by atoms with van der Waals surface area (Å²) in [5.74, 6) is -1.20. The molecule has 0 radical (unpaired) electrons. The van der Waals surface area contributed by atoms with Crippen molar-refractivity contribution in [2.45, 2.75) is 77.6 Å². The molecule has 0 aliphatic rings. The Bertz CT molecular complexity index is 1030. The molecule has 2 atom stereocenters. The van der Waals surface area contributed by atoms with Gasteiger partial charge in [0.25, 0.3) is 0 Å². The zero-order valence-electron chi connectivity index (χ0n) is 20.5. The Morgan fingerprint density at radius 2 is 1.61 bits per heavy atom. The smallest absolute Gasteiger partial charge is 0.319 e. The van der Waals surface area contributed by atoms with E-state index in [-0.39, 0.29) is 17.6 Å². The van der Waals surface area contributed by atoms with Crippen LogP contribution >= 0.6 is 24.2 Å². The van der Waals surface area contributed by atoms with Crippen LogP contribution in [0.3, 0.4) is 0 Å². The van der Waals surface area contributed by atoms with Gasteiger partial charge in [-0.05, 0) is 65.5 Å². The average molecular weight is 491 g/mol. The minimum absolute atomic E-state index is 0.0190. The van der Waals surface area contributed by atoms with Gasteiger partial charge in [0.2, 0.25) is 0 Å². The van der Waals surface area contributed by atoms with Crippen molar-refractivity contribution in [1.29, 1.82) is 0 Å². The van der Waals surface area contributed by atoms with Gasteiger partial charge in [-0.1, -0.05) is 70.5 Å². The number of halogens is 1. The number of benzene rings is 2. The van der Waals surface area contributed by atoms with Crippen molar-refractivity contribution in [2.75, 3.05) is 0 Å². The van der Waals surface area contributed by atoms with Gasteiger partial charge in [-0.2, -0.15) is 12.6 Å². The number of aliphatic hydroxyl groups is 1. The molecule has 180 valence electrons. The molecule has 2 unspecified atom stereocenters. The third kappa shape index (κ3) is 6.62. The van der Waals surface area contributed by atoms with Crippen molar-refractivity contribution >= 4 is 36.0 Å². The molecule has 6 heteroatoms. The molecule has 2 N–H and O–H groups in total. The third-order valence-corrected chi connectivity index (χ3v) is 6.81. The number of hydrogen-bond donors (Lipinski definition) is 3. The first kappa shape index (κ1) is 27.4. The summed E-state index contributed by atoms with van der Waals surface area (Å²) in [7, 11) is 0.